The Labute approximate surface area is 102 Å². The molecule has 0 aliphatic heterocycles. The highest BCUT2D eigenvalue weighted by molar-refractivity contribution is 5.87. The minimum atomic E-state index is 0.0918. The van der Waals surface area contributed by atoms with Crippen molar-refractivity contribution in [3.63, 3.8) is 0 Å². The van der Waals surface area contributed by atoms with E-state index in [1.54, 1.807) is 0 Å². The quantitative estimate of drug-likeness (QED) is 0.811. The lowest BCUT2D eigenvalue weighted by atomic mass is 9.95. The van der Waals surface area contributed by atoms with Crippen molar-refractivity contribution in [2.24, 2.45) is 5.73 Å². The maximum absolute atomic E-state index is 6.18. The topological polar surface area (TPSA) is 38.9 Å². The molecule has 0 bridgehead atoms. The number of hydrogen-bond donors (Lipinski definition) is 1. The monoisotopic (exact) mass is 226 g/mol. The number of hydrogen-bond acceptors (Lipinski definition) is 2. The van der Waals surface area contributed by atoms with E-state index in [1.807, 2.05) is 0 Å². The van der Waals surface area contributed by atoms with Gasteiger partial charge in [0.1, 0.15) is 0 Å². The first kappa shape index (κ1) is 10.7. The molecule has 1 aromatic carbocycles. The van der Waals surface area contributed by atoms with Crippen LogP contribution in [0.4, 0.5) is 0 Å². The molecule has 0 radical (unpaired) electrons. The average molecular weight is 226 g/mol. The number of nitrogens with two attached hydrogens (primary N) is 1. The smallest absolute Gasteiger partial charge is 0.0738 e. The first-order valence-corrected chi connectivity index (χ1v) is 6.35. The molecule has 1 atom stereocenters. The standard InChI is InChI=1S/C15H18N2/c1-9-5-3-7-12-14(10(2)16)11-6-4-8-13(11)17-15(9)12/h3,5,7,10H,4,6,8,16H2,1-2H3. The van der Waals surface area contributed by atoms with E-state index in [-0.39, 0.29) is 6.04 Å². The number of aryl methyl sites for hydroxylation is 2. The van der Waals surface area contributed by atoms with Crippen LogP contribution in [-0.2, 0) is 12.8 Å². The number of para-hydroxylation sites is 1. The third-order valence-corrected chi connectivity index (χ3v) is 3.74. The molecule has 0 fully saturated rings. The van der Waals surface area contributed by atoms with Gasteiger partial charge in [-0.15, -0.1) is 0 Å². The van der Waals surface area contributed by atoms with Crippen LogP contribution in [0.15, 0.2) is 18.2 Å². The van der Waals surface area contributed by atoms with Crippen LogP contribution >= 0.6 is 0 Å². The average Bonchev–Trinajstić information content (AvgIpc) is 2.74. The normalized spacial score (nSPS) is 16.2. The number of aromatic nitrogens is 1. The molecule has 0 spiro atoms. The SMILES string of the molecule is Cc1cccc2c(C(C)N)c3c(nc12)CCC3. The summed E-state index contributed by atoms with van der Waals surface area (Å²) in [6, 6.07) is 6.48. The second kappa shape index (κ2) is 3.81. The molecular weight excluding hydrogens is 208 g/mol. The van der Waals surface area contributed by atoms with Gasteiger partial charge in [-0.2, -0.15) is 0 Å². The summed E-state index contributed by atoms with van der Waals surface area (Å²) in [6.45, 7) is 4.21. The fourth-order valence-electron chi connectivity index (χ4n) is 2.98. The van der Waals surface area contributed by atoms with Crippen molar-refractivity contribution in [1.29, 1.82) is 0 Å². The molecule has 3 rings (SSSR count). The zero-order valence-corrected chi connectivity index (χ0v) is 10.5. The fourth-order valence-corrected chi connectivity index (χ4v) is 2.98. The third-order valence-electron chi connectivity index (χ3n) is 3.74. The molecule has 1 aliphatic rings. The maximum Gasteiger partial charge on any atom is 0.0738 e. The number of rotatable bonds is 1. The molecule has 0 saturated carbocycles. The van der Waals surface area contributed by atoms with Gasteiger partial charge in [-0.3, -0.25) is 4.98 Å². The highest BCUT2D eigenvalue weighted by Gasteiger charge is 2.21. The molecule has 1 heterocycles. The van der Waals surface area contributed by atoms with Crippen molar-refractivity contribution >= 4 is 10.9 Å². The number of nitrogens with zero attached hydrogens (tertiary/aromatic N) is 1. The van der Waals surface area contributed by atoms with Crippen LogP contribution in [-0.4, -0.2) is 4.98 Å². The Balaban J connectivity index is 2.44. The second-order valence-corrected chi connectivity index (χ2v) is 5.06. The first-order valence-electron chi connectivity index (χ1n) is 6.35. The summed E-state index contributed by atoms with van der Waals surface area (Å²) in [4.78, 5) is 4.84. The summed E-state index contributed by atoms with van der Waals surface area (Å²) >= 11 is 0. The summed E-state index contributed by atoms with van der Waals surface area (Å²) in [5.41, 5.74) is 12.6. The Bertz CT molecular complexity index is 585. The number of fused-ring (bicyclic) bond motifs is 2. The Kier molecular flexibility index (Phi) is 2.40. The van der Waals surface area contributed by atoms with E-state index >= 15 is 0 Å². The van der Waals surface area contributed by atoms with Crippen LogP contribution in [0.2, 0.25) is 0 Å². The molecule has 1 aromatic heterocycles. The molecule has 1 unspecified atom stereocenters. The van der Waals surface area contributed by atoms with Crippen LogP contribution in [0.5, 0.6) is 0 Å². The molecule has 2 aromatic rings. The minimum Gasteiger partial charge on any atom is -0.324 e. The van der Waals surface area contributed by atoms with Crippen molar-refractivity contribution < 1.29 is 0 Å². The van der Waals surface area contributed by atoms with Gasteiger partial charge in [-0.1, -0.05) is 18.2 Å². The van der Waals surface area contributed by atoms with Crippen LogP contribution in [0.1, 0.15) is 41.8 Å². The lowest BCUT2D eigenvalue weighted by molar-refractivity contribution is 0.806. The van der Waals surface area contributed by atoms with Crippen molar-refractivity contribution in [3.8, 4) is 0 Å². The van der Waals surface area contributed by atoms with Gasteiger partial charge in [0.15, 0.2) is 0 Å². The zero-order chi connectivity index (χ0) is 12.0. The highest BCUT2D eigenvalue weighted by Crippen LogP contribution is 2.33. The minimum absolute atomic E-state index is 0.0918. The van der Waals surface area contributed by atoms with E-state index in [4.69, 9.17) is 10.7 Å². The van der Waals surface area contributed by atoms with Crippen LogP contribution < -0.4 is 5.73 Å². The summed E-state index contributed by atoms with van der Waals surface area (Å²) in [5.74, 6) is 0. The zero-order valence-electron chi connectivity index (χ0n) is 10.5. The summed E-state index contributed by atoms with van der Waals surface area (Å²) < 4.78 is 0. The highest BCUT2D eigenvalue weighted by atomic mass is 14.7. The summed E-state index contributed by atoms with van der Waals surface area (Å²) in [6.07, 6.45) is 3.47. The lowest BCUT2D eigenvalue weighted by Gasteiger charge is -2.16. The van der Waals surface area contributed by atoms with Crippen molar-refractivity contribution in [3.05, 3.63) is 40.6 Å². The molecule has 1 aliphatic carbocycles. The summed E-state index contributed by atoms with van der Waals surface area (Å²) in [7, 11) is 0. The largest absolute Gasteiger partial charge is 0.324 e. The van der Waals surface area contributed by atoms with Crippen molar-refractivity contribution in [1.82, 2.24) is 4.98 Å². The van der Waals surface area contributed by atoms with Gasteiger partial charge >= 0.3 is 0 Å². The van der Waals surface area contributed by atoms with Gasteiger partial charge in [0.05, 0.1) is 5.52 Å². The fraction of sp³-hybridized carbons (Fsp3) is 0.400. The predicted octanol–water partition coefficient (Wildman–Crippen LogP) is 3.05. The third kappa shape index (κ3) is 1.55. The van der Waals surface area contributed by atoms with Gasteiger partial charge in [0.2, 0.25) is 0 Å². The van der Waals surface area contributed by atoms with Gasteiger partial charge in [0, 0.05) is 17.1 Å². The summed E-state index contributed by atoms with van der Waals surface area (Å²) in [5, 5.41) is 1.25. The van der Waals surface area contributed by atoms with E-state index in [9.17, 15) is 0 Å². The Morgan fingerprint density at radius 1 is 1.29 bits per heavy atom. The molecule has 88 valence electrons. The predicted molar refractivity (Wildman–Crippen MR) is 71.1 cm³/mol. The van der Waals surface area contributed by atoms with E-state index in [0.29, 0.717) is 0 Å². The van der Waals surface area contributed by atoms with Crippen LogP contribution in [0, 0.1) is 6.92 Å². The lowest BCUT2D eigenvalue weighted by Crippen LogP contribution is -2.10. The molecular formula is C15H18N2. The Morgan fingerprint density at radius 3 is 2.88 bits per heavy atom. The Morgan fingerprint density at radius 2 is 2.12 bits per heavy atom. The molecule has 17 heavy (non-hydrogen) atoms. The first-order chi connectivity index (χ1) is 8.18. The van der Waals surface area contributed by atoms with E-state index < -0.39 is 0 Å². The van der Waals surface area contributed by atoms with Gasteiger partial charge < -0.3 is 5.73 Å². The molecule has 2 nitrogen and oxygen atoms in total. The molecule has 0 amide bonds. The molecule has 0 saturated heterocycles. The van der Waals surface area contributed by atoms with E-state index in [1.165, 1.54) is 34.2 Å². The maximum atomic E-state index is 6.18. The molecule has 2 heteroatoms. The Hall–Kier alpha value is -1.41. The van der Waals surface area contributed by atoms with Crippen LogP contribution in [0.3, 0.4) is 0 Å². The van der Waals surface area contributed by atoms with E-state index in [0.717, 1.165) is 18.4 Å². The van der Waals surface area contributed by atoms with Crippen LogP contribution in [0.25, 0.3) is 10.9 Å². The van der Waals surface area contributed by atoms with Gasteiger partial charge in [-0.25, -0.2) is 0 Å². The number of pyridine rings is 1. The van der Waals surface area contributed by atoms with Gasteiger partial charge in [0.25, 0.3) is 0 Å². The molecule has 2 N–H and O–H groups in total. The van der Waals surface area contributed by atoms with Gasteiger partial charge in [-0.05, 0) is 49.8 Å². The van der Waals surface area contributed by atoms with Crippen molar-refractivity contribution in [2.45, 2.75) is 39.2 Å². The van der Waals surface area contributed by atoms with Crippen molar-refractivity contribution in [2.75, 3.05) is 0 Å². The number of benzene rings is 1. The van der Waals surface area contributed by atoms with E-state index in [2.05, 4.69) is 32.0 Å². The second-order valence-electron chi connectivity index (χ2n) is 5.06.